The average Bonchev–Trinajstić information content (AvgIpc) is 2.66. The van der Waals surface area contributed by atoms with Gasteiger partial charge in [0.15, 0.2) is 6.23 Å². The molecule has 0 saturated carbocycles. The third-order valence-electron chi connectivity index (χ3n) is 2.17. The fourth-order valence-electron chi connectivity index (χ4n) is 1.30. The van der Waals surface area contributed by atoms with Crippen LogP contribution >= 0.6 is 11.6 Å². The summed E-state index contributed by atoms with van der Waals surface area (Å²) < 4.78 is 0. The van der Waals surface area contributed by atoms with E-state index in [1.807, 2.05) is 0 Å². The summed E-state index contributed by atoms with van der Waals surface area (Å²) in [6, 6.07) is 0. The van der Waals surface area contributed by atoms with Crippen molar-refractivity contribution in [1.29, 1.82) is 0 Å². The quantitative estimate of drug-likeness (QED) is 0.707. The lowest BCUT2D eigenvalue weighted by Crippen LogP contribution is -2.32. The van der Waals surface area contributed by atoms with Gasteiger partial charge >= 0.3 is 0 Å². The second kappa shape index (κ2) is 3.21. The first kappa shape index (κ1) is 9.42. The number of aliphatic hydroxyl groups is 1. The number of hydrogen-bond donors (Lipinski definition) is 1. The molecule has 0 amide bonds. The Morgan fingerprint density at radius 1 is 1.57 bits per heavy atom. The molecule has 1 aliphatic heterocycles. The predicted molar refractivity (Wildman–Crippen MR) is 50.7 cm³/mol. The molecule has 14 heavy (non-hydrogen) atoms. The molecule has 1 aromatic rings. The Morgan fingerprint density at radius 3 is 2.71 bits per heavy atom. The Morgan fingerprint density at radius 2 is 2.29 bits per heavy atom. The van der Waals surface area contributed by atoms with Gasteiger partial charge in [0, 0.05) is 5.03 Å². The zero-order chi connectivity index (χ0) is 10.3. The van der Waals surface area contributed by atoms with Gasteiger partial charge in [-0.2, -0.15) is 4.80 Å². The second-order valence-corrected chi connectivity index (χ2v) is 3.62. The van der Waals surface area contributed by atoms with E-state index in [2.05, 4.69) is 15.4 Å². The summed E-state index contributed by atoms with van der Waals surface area (Å²) in [5.41, 5.74) is 0.735. The highest BCUT2D eigenvalue weighted by Crippen LogP contribution is 2.27. The van der Waals surface area contributed by atoms with Crippen molar-refractivity contribution in [2.75, 3.05) is 11.4 Å². The molecule has 1 N–H and O–H groups in total. The highest BCUT2D eigenvalue weighted by atomic mass is 35.5. The maximum absolute atomic E-state index is 9.76. The van der Waals surface area contributed by atoms with Gasteiger partial charge in [-0.25, -0.2) is 0 Å². The number of halogens is 1. The molecule has 1 unspecified atom stereocenters. The molecule has 1 aromatic heterocycles. The topological polar surface area (TPSA) is 67.1 Å². The van der Waals surface area contributed by atoms with E-state index in [-0.39, 0.29) is 0 Å². The van der Waals surface area contributed by atoms with Crippen molar-refractivity contribution < 1.29 is 5.11 Å². The maximum Gasteiger partial charge on any atom is 0.268 e. The summed E-state index contributed by atoms with van der Waals surface area (Å²) in [4.78, 5) is 2.92. The number of aliphatic hydroxyl groups excluding tert-OH is 1. The first-order valence-electron chi connectivity index (χ1n) is 4.13. The van der Waals surface area contributed by atoms with Crippen molar-refractivity contribution in [1.82, 2.24) is 20.2 Å². The molecule has 0 radical (unpaired) electrons. The largest absolute Gasteiger partial charge is 0.369 e. The zero-order valence-corrected chi connectivity index (χ0v) is 8.60. The minimum absolute atomic E-state index is 0.384. The summed E-state index contributed by atoms with van der Waals surface area (Å²) in [7, 11) is 1.67. The van der Waals surface area contributed by atoms with Crippen LogP contribution in [0.15, 0.2) is 10.6 Å². The Kier molecular flexibility index (Phi) is 2.16. The molecule has 2 rings (SSSR count). The normalized spacial score (nSPS) is 22.3. The molecule has 0 aromatic carbocycles. The van der Waals surface area contributed by atoms with Crippen molar-refractivity contribution in [3.63, 3.8) is 0 Å². The number of tetrazole rings is 1. The first-order valence-corrected chi connectivity index (χ1v) is 4.51. The van der Waals surface area contributed by atoms with E-state index in [1.165, 1.54) is 4.80 Å². The van der Waals surface area contributed by atoms with E-state index in [4.69, 9.17) is 11.6 Å². The predicted octanol–water partition coefficient (Wildman–Crippen LogP) is -0.139. The Hall–Kier alpha value is -1.14. The Balaban J connectivity index is 2.24. The van der Waals surface area contributed by atoms with Crippen LogP contribution in [0.1, 0.15) is 6.92 Å². The van der Waals surface area contributed by atoms with Crippen molar-refractivity contribution in [3.8, 4) is 0 Å². The van der Waals surface area contributed by atoms with Gasteiger partial charge in [0.2, 0.25) is 0 Å². The molecular formula is C7H10ClN5O. The highest BCUT2D eigenvalue weighted by Gasteiger charge is 2.30. The molecule has 2 heterocycles. The van der Waals surface area contributed by atoms with Gasteiger partial charge in [0.1, 0.15) is 0 Å². The van der Waals surface area contributed by atoms with Crippen molar-refractivity contribution >= 4 is 17.5 Å². The highest BCUT2D eigenvalue weighted by molar-refractivity contribution is 6.30. The summed E-state index contributed by atoms with van der Waals surface area (Å²) in [6.45, 7) is 2.21. The minimum atomic E-state index is -0.744. The summed E-state index contributed by atoms with van der Waals surface area (Å²) in [6.07, 6.45) is -0.744. The van der Waals surface area contributed by atoms with Crippen LogP contribution in [0, 0.1) is 0 Å². The third kappa shape index (κ3) is 1.36. The van der Waals surface area contributed by atoms with Gasteiger partial charge < -0.3 is 10.0 Å². The number of hydrogen-bond acceptors (Lipinski definition) is 5. The molecule has 1 atom stereocenters. The number of nitrogens with zero attached hydrogens (tertiary/aromatic N) is 5. The van der Waals surface area contributed by atoms with Crippen LogP contribution in [0.2, 0.25) is 0 Å². The molecular weight excluding hydrogens is 206 g/mol. The standard InChI is InChI=1S/C7H10ClN5O/c1-4-5(8)3-13(6(4)14)7-9-11-12(2)10-7/h6,14H,3H2,1-2H3. The van der Waals surface area contributed by atoms with Crippen LogP contribution in [-0.2, 0) is 7.05 Å². The van der Waals surface area contributed by atoms with Gasteiger partial charge in [-0.15, -0.1) is 5.10 Å². The Bertz CT molecular complexity index is 387. The molecule has 1 aliphatic rings. The smallest absolute Gasteiger partial charge is 0.268 e. The fraction of sp³-hybridized carbons (Fsp3) is 0.571. The van der Waals surface area contributed by atoms with Gasteiger partial charge in [-0.1, -0.05) is 16.7 Å². The lowest BCUT2D eigenvalue weighted by molar-refractivity contribution is 0.214. The van der Waals surface area contributed by atoms with Crippen LogP contribution in [0.4, 0.5) is 5.95 Å². The number of aryl methyl sites for hydroxylation is 1. The molecule has 7 heteroatoms. The molecule has 0 bridgehead atoms. The van der Waals surface area contributed by atoms with Crippen molar-refractivity contribution in [2.45, 2.75) is 13.2 Å². The molecule has 0 spiro atoms. The van der Waals surface area contributed by atoms with Gasteiger partial charge in [-0.05, 0) is 17.7 Å². The van der Waals surface area contributed by atoms with Crippen LogP contribution in [-0.4, -0.2) is 38.1 Å². The van der Waals surface area contributed by atoms with Gasteiger partial charge in [0.25, 0.3) is 5.95 Å². The monoisotopic (exact) mass is 215 g/mol. The molecule has 76 valence electrons. The fourth-order valence-corrected chi connectivity index (χ4v) is 1.53. The lowest BCUT2D eigenvalue weighted by Gasteiger charge is -2.18. The van der Waals surface area contributed by atoms with Crippen LogP contribution in [0.3, 0.4) is 0 Å². The van der Waals surface area contributed by atoms with E-state index in [0.717, 1.165) is 5.57 Å². The molecule has 0 aliphatic carbocycles. The van der Waals surface area contributed by atoms with Gasteiger partial charge in [0.05, 0.1) is 13.6 Å². The summed E-state index contributed by atoms with van der Waals surface area (Å²) in [5.74, 6) is 0.384. The van der Waals surface area contributed by atoms with Crippen molar-refractivity contribution in [3.05, 3.63) is 10.6 Å². The SMILES string of the molecule is CC1=C(Cl)CN(c2nnn(C)n2)C1O. The summed E-state index contributed by atoms with van der Waals surface area (Å²) >= 11 is 5.90. The third-order valence-corrected chi connectivity index (χ3v) is 2.59. The maximum atomic E-state index is 9.76. The molecule has 0 fully saturated rings. The first-order chi connectivity index (χ1) is 6.59. The lowest BCUT2D eigenvalue weighted by atomic mass is 10.3. The number of rotatable bonds is 1. The zero-order valence-electron chi connectivity index (χ0n) is 7.85. The average molecular weight is 216 g/mol. The Labute approximate surface area is 85.8 Å². The number of aromatic nitrogens is 4. The summed E-state index contributed by atoms with van der Waals surface area (Å²) in [5, 5.41) is 21.9. The van der Waals surface area contributed by atoms with E-state index >= 15 is 0 Å². The van der Waals surface area contributed by atoms with Crippen LogP contribution in [0.25, 0.3) is 0 Å². The van der Waals surface area contributed by atoms with E-state index in [0.29, 0.717) is 17.5 Å². The minimum Gasteiger partial charge on any atom is -0.369 e. The van der Waals surface area contributed by atoms with Crippen LogP contribution in [0.5, 0.6) is 0 Å². The molecule has 6 nitrogen and oxygen atoms in total. The van der Waals surface area contributed by atoms with Crippen LogP contribution < -0.4 is 4.90 Å². The van der Waals surface area contributed by atoms with E-state index in [9.17, 15) is 5.11 Å². The number of anilines is 1. The second-order valence-electron chi connectivity index (χ2n) is 3.17. The van der Waals surface area contributed by atoms with E-state index in [1.54, 1.807) is 18.9 Å². The van der Waals surface area contributed by atoms with Crippen molar-refractivity contribution in [2.24, 2.45) is 7.05 Å². The van der Waals surface area contributed by atoms with E-state index < -0.39 is 6.23 Å². The van der Waals surface area contributed by atoms with Gasteiger partial charge in [-0.3, -0.25) is 0 Å². The molecule has 0 saturated heterocycles.